The maximum Gasteiger partial charge on any atom is 0.257 e. The fourth-order valence-electron chi connectivity index (χ4n) is 1.11. The molecule has 0 fully saturated rings. The van der Waals surface area contributed by atoms with Crippen LogP contribution in [-0.4, -0.2) is 23.4 Å². The SMILES string of the molecule is Cc1ncc(S(=O)(=O)NCc2cscn2)[nH]1. The number of imidazole rings is 1. The van der Waals surface area contributed by atoms with E-state index in [0.717, 1.165) is 0 Å². The maximum atomic E-state index is 11.7. The Morgan fingerprint density at radius 1 is 1.50 bits per heavy atom. The molecule has 0 aliphatic rings. The summed E-state index contributed by atoms with van der Waals surface area (Å²) in [4.78, 5) is 10.5. The summed E-state index contributed by atoms with van der Waals surface area (Å²) >= 11 is 1.42. The summed E-state index contributed by atoms with van der Waals surface area (Å²) in [6.07, 6.45) is 1.29. The zero-order valence-corrected chi connectivity index (χ0v) is 10.1. The van der Waals surface area contributed by atoms with Crippen molar-refractivity contribution in [3.05, 3.63) is 28.6 Å². The zero-order valence-electron chi connectivity index (χ0n) is 8.47. The van der Waals surface area contributed by atoms with Crippen molar-refractivity contribution in [2.24, 2.45) is 0 Å². The summed E-state index contributed by atoms with van der Waals surface area (Å²) in [7, 11) is -3.52. The van der Waals surface area contributed by atoms with E-state index in [1.165, 1.54) is 17.5 Å². The average Bonchev–Trinajstić information content (AvgIpc) is 2.85. The first-order chi connectivity index (χ1) is 7.58. The number of aryl methyl sites for hydroxylation is 1. The van der Waals surface area contributed by atoms with Crippen molar-refractivity contribution in [1.29, 1.82) is 0 Å². The van der Waals surface area contributed by atoms with Gasteiger partial charge in [0.1, 0.15) is 5.82 Å². The van der Waals surface area contributed by atoms with Crippen LogP contribution in [0.15, 0.2) is 22.1 Å². The highest BCUT2D eigenvalue weighted by Crippen LogP contribution is 2.06. The molecule has 0 amide bonds. The van der Waals surface area contributed by atoms with Crippen LogP contribution in [-0.2, 0) is 16.6 Å². The molecular weight excluding hydrogens is 248 g/mol. The van der Waals surface area contributed by atoms with E-state index in [2.05, 4.69) is 19.7 Å². The second kappa shape index (κ2) is 4.32. The molecule has 0 atom stereocenters. The number of sulfonamides is 1. The molecule has 2 aromatic rings. The molecule has 6 nitrogen and oxygen atoms in total. The van der Waals surface area contributed by atoms with Gasteiger partial charge in [-0.2, -0.15) is 0 Å². The van der Waals surface area contributed by atoms with E-state index in [4.69, 9.17) is 0 Å². The van der Waals surface area contributed by atoms with E-state index in [0.29, 0.717) is 11.5 Å². The highest BCUT2D eigenvalue weighted by Gasteiger charge is 2.16. The third kappa shape index (κ3) is 2.46. The minimum Gasteiger partial charge on any atom is -0.332 e. The maximum absolute atomic E-state index is 11.7. The predicted molar refractivity (Wildman–Crippen MR) is 59.5 cm³/mol. The summed E-state index contributed by atoms with van der Waals surface area (Å²) in [5.74, 6) is 0.564. The lowest BCUT2D eigenvalue weighted by atomic mass is 10.5. The number of hydrogen-bond acceptors (Lipinski definition) is 5. The zero-order chi connectivity index (χ0) is 11.6. The minimum absolute atomic E-state index is 0.0697. The summed E-state index contributed by atoms with van der Waals surface area (Å²) in [6, 6.07) is 0. The minimum atomic E-state index is -3.52. The summed E-state index contributed by atoms with van der Waals surface area (Å²) in [6.45, 7) is 1.88. The summed E-state index contributed by atoms with van der Waals surface area (Å²) in [5, 5.41) is 1.86. The number of hydrogen-bond donors (Lipinski definition) is 2. The van der Waals surface area contributed by atoms with Crippen LogP contribution in [0.4, 0.5) is 0 Å². The lowest BCUT2D eigenvalue weighted by molar-refractivity contribution is 0.577. The van der Waals surface area contributed by atoms with Crippen molar-refractivity contribution in [3.63, 3.8) is 0 Å². The van der Waals surface area contributed by atoms with Crippen LogP contribution >= 0.6 is 11.3 Å². The second-order valence-corrected chi connectivity index (χ2v) is 5.59. The molecule has 0 aliphatic carbocycles. The molecular formula is C8H10N4O2S2. The molecule has 0 spiro atoms. The topological polar surface area (TPSA) is 87.7 Å². The van der Waals surface area contributed by atoms with Crippen molar-refractivity contribution in [2.45, 2.75) is 18.5 Å². The number of rotatable bonds is 4. The summed E-state index contributed by atoms with van der Waals surface area (Å²) < 4.78 is 25.9. The Hall–Kier alpha value is -1.25. The third-order valence-corrected chi connectivity index (χ3v) is 3.84. The van der Waals surface area contributed by atoms with E-state index >= 15 is 0 Å². The first kappa shape index (κ1) is 11.2. The number of H-pyrrole nitrogens is 1. The van der Waals surface area contributed by atoms with Crippen molar-refractivity contribution in [3.8, 4) is 0 Å². The van der Waals surface area contributed by atoms with Crippen molar-refractivity contribution in [2.75, 3.05) is 0 Å². The molecule has 16 heavy (non-hydrogen) atoms. The number of aromatic amines is 1. The molecule has 2 aromatic heterocycles. The highest BCUT2D eigenvalue weighted by atomic mass is 32.2. The number of thiazole rings is 1. The Labute approximate surface area is 96.8 Å². The lowest BCUT2D eigenvalue weighted by Gasteiger charge is -2.01. The van der Waals surface area contributed by atoms with Gasteiger partial charge in [0.25, 0.3) is 10.0 Å². The fraction of sp³-hybridized carbons (Fsp3) is 0.250. The van der Waals surface area contributed by atoms with E-state index in [1.807, 2.05) is 0 Å². The van der Waals surface area contributed by atoms with Crippen LogP contribution < -0.4 is 4.72 Å². The quantitative estimate of drug-likeness (QED) is 0.843. The van der Waals surface area contributed by atoms with E-state index in [-0.39, 0.29) is 11.6 Å². The lowest BCUT2D eigenvalue weighted by Crippen LogP contribution is -2.23. The van der Waals surface area contributed by atoms with Crippen molar-refractivity contribution < 1.29 is 8.42 Å². The molecule has 8 heteroatoms. The molecule has 2 N–H and O–H groups in total. The largest absolute Gasteiger partial charge is 0.332 e. The van der Waals surface area contributed by atoms with Gasteiger partial charge in [0, 0.05) is 5.38 Å². The van der Waals surface area contributed by atoms with Crippen LogP contribution in [0.5, 0.6) is 0 Å². The van der Waals surface area contributed by atoms with Gasteiger partial charge < -0.3 is 4.98 Å². The van der Waals surface area contributed by atoms with Crippen molar-refractivity contribution in [1.82, 2.24) is 19.7 Å². The molecule has 2 rings (SSSR count). The monoisotopic (exact) mass is 258 g/mol. The van der Waals surface area contributed by atoms with Crippen LogP contribution in [0.1, 0.15) is 11.5 Å². The number of aromatic nitrogens is 3. The molecule has 0 unspecified atom stereocenters. The average molecular weight is 258 g/mol. The van der Waals surface area contributed by atoms with Crippen LogP contribution in [0, 0.1) is 6.92 Å². The van der Waals surface area contributed by atoms with Gasteiger partial charge in [-0.25, -0.2) is 23.1 Å². The van der Waals surface area contributed by atoms with E-state index < -0.39 is 10.0 Å². The van der Waals surface area contributed by atoms with Gasteiger partial charge in [0.2, 0.25) is 0 Å². The Morgan fingerprint density at radius 2 is 2.31 bits per heavy atom. The standard InChI is InChI=1S/C8H10N4O2S2/c1-6-9-3-8(12-6)16(13,14)11-2-7-4-15-5-10-7/h3-5,11H,2H2,1H3,(H,9,12). The summed E-state index contributed by atoms with van der Waals surface area (Å²) in [5.41, 5.74) is 2.36. The normalized spacial score (nSPS) is 11.8. The van der Waals surface area contributed by atoms with Gasteiger partial charge in [0.05, 0.1) is 23.9 Å². The predicted octanol–water partition coefficient (Wildman–Crippen LogP) is 0.653. The van der Waals surface area contributed by atoms with E-state index in [9.17, 15) is 8.42 Å². The van der Waals surface area contributed by atoms with Gasteiger partial charge in [-0.3, -0.25) is 0 Å². The fourth-order valence-corrected chi connectivity index (χ4v) is 2.63. The Morgan fingerprint density at radius 3 is 2.88 bits per heavy atom. The Kier molecular flexibility index (Phi) is 3.03. The molecule has 0 aliphatic heterocycles. The Bertz CT molecular complexity index is 559. The van der Waals surface area contributed by atoms with Gasteiger partial charge in [-0.15, -0.1) is 11.3 Å². The third-order valence-electron chi connectivity index (χ3n) is 1.90. The van der Waals surface area contributed by atoms with Crippen molar-refractivity contribution >= 4 is 21.4 Å². The van der Waals surface area contributed by atoms with Gasteiger partial charge in [-0.05, 0) is 6.92 Å². The molecule has 86 valence electrons. The first-order valence-corrected chi connectivity index (χ1v) is 6.89. The van der Waals surface area contributed by atoms with Gasteiger partial charge in [-0.1, -0.05) is 0 Å². The molecule has 0 aromatic carbocycles. The molecule has 0 saturated heterocycles. The molecule has 0 radical (unpaired) electrons. The Balaban J connectivity index is 2.09. The smallest absolute Gasteiger partial charge is 0.257 e. The second-order valence-electron chi connectivity index (χ2n) is 3.14. The van der Waals surface area contributed by atoms with Crippen LogP contribution in [0.2, 0.25) is 0 Å². The van der Waals surface area contributed by atoms with E-state index in [1.54, 1.807) is 17.8 Å². The van der Waals surface area contributed by atoms with Gasteiger partial charge >= 0.3 is 0 Å². The van der Waals surface area contributed by atoms with Crippen LogP contribution in [0.25, 0.3) is 0 Å². The van der Waals surface area contributed by atoms with Crippen LogP contribution in [0.3, 0.4) is 0 Å². The first-order valence-electron chi connectivity index (χ1n) is 4.46. The molecule has 0 saturated carbocycles. The molecule has 2 heterocycles. The number of nitrogens with zero attached hydrogens (tertiary/aromatic N) is 2. The highest BCUT2D eigenvalue weighted by molar-refractivity contribution is 7.89. The molecule has 0 bridgehead atoms. The number of nitrogens with one attached hydrogen (secondary N) is 2. The van der Waals surface area contributed by atoms with Gasteiger partial charge in [0.15, 0.2) is 5.03 Å².